The number of amides is 1. The van der Waals surface area contributed by atoms with Crippen LogP contribution < -0.4 is 0 Å². The highest BCUT2D eigenvalue weighted by Gasteiger charge is 2.23. The SMILES string of the molecule is Cc1ccnc2c1nc(CCl)n2C(C)C(=O)N(C)C. The maximum atomic E-state index is 12.1. The van der Waals surface area contributed by atoms with E-state index in [0.717, 1.165) is 11.1 Å². The summed E-state index contributed by atoms with van der Waals surface area (Å²) in [6.45, 7) is 3.81. The van der Waals surface area contributed by atoms with E-state index in [0.29, 0.717) is 11.5 Å². The Hall–Kier alpha value is -1.62. The summed E-state index contributed by atoms with van der Waals surface area (Å²) in [7, 11) is 3.47. The van der Waals surface area contributed by atoms with Crippen LogP contribution in [0, 0.1) is 6.92 Å². The molecule has 0 N–H and O–H groups in total. The maximum Gasteiger partial charge on any atom is 0.244 e. The molecule has 19 heavy (non-hydrogen) atoms. The maximum absolute atomic E-state index is 12.1. The van der Waals surface area contributed by atoms with Crippen molar-refractivity contribution in [1.29, 1.82) is 0 Å². The summed E-state index contributed by atoms with van der Waals surface area (Å²) in [4.78, 5) is 22.5. The molecule has 2 heterocycles. The molecule has 0 radical (unpaired) electrons. The molecule has 5 nitrogen and oxygen atoms in total. The number of hydrogen-bond acceptors (Lipinski definition) is 3. The number of aromatic nitrogens is 3. The first kappa shape index (κ1) is 13.8. The minimum Gasteiger partial charge on any atom is -0.347 e. The number of nitrogens with zero attached hydrogens (tertiary/aromatic N) is 4. The molecule has 2 aromatic rings. The summed E-state index contributed by atoms with van der Waals surface area (Å²) in [5.41, 5.74) is 2.54. The number of fused-ring (bicyclic) bond motifs is 1. The van der Waals surface area contributed by atoms with Gasteiger partial charge in [-0.1, -0.05) is 0 Å². The normalized spacial score (nSPS) is 12.7. The van der Waals surface area contributed by atoms with Crippen molar-refractivity contribution in [2.75, 3.05) is 14.1 Å². The van der Waals surface area contributed by atoms with Crippen LogP contribution in [0.3, 0.4) is 0 Å². The van der Waals surface area contributed by atoms with Crippen molar-refractivity contribution in [3.63, 3.8) is 0 Å². The van der Waals surface area contributed by atoms with Gasteiger partial charge in [0.05, 0.1) is 5.88 Å². The molecular formula is C13H17ClN4O. The second-order valence-electron chi connectivity index (χ2n) is 4.74. The van der Waals surface area contributed by atoms with Crippen LogP contribution >= 0.6 is 11.6 Å². The van der Waals surface area contributed by atoms with Gasteiger partial charge >= 0.3 is 0 Å². The van der Waals surface area contributed by atoms with E-state index in [1.165, 1.54) is 0 Å². The molecule has 0 aliphatic heterocycles. The molecule has 6 heteroatoms. The van der Waals surface area contributed by atoms with Crippen LogP contribution in [0.1, 0.15) is 24.4 Å². The molecule has 0 aliphatic carbocycles. The number of hydrogen-bond donors (Lipinski definition) is 0. The molecule has 0 saturated carbocycles. The standard InChI is InChI=1S/C13H17ClN4O/c1-8-5-6-15-12-11(8)16-10(7-14)18(12)9(2)13(19)17(3)4/h5-6,9H,7H2,1-4H3. The number of carbonyl (C=O) groups is 1. The zero-order chi connectivity index (χ0) is 14.2. The topological polar surface area (TPSA) is 51.0 Å². The van der Waals surface area contributed by atoms with E-state index in [2.05, 4.69) is 9.97 Å². The number of imidazole rings is 1. The van der Waals surface area contributed by atoms with Crippen LogP contribution in [0.15, 0.2) is 12.3 Å². The molecule has 0 aromatic carbocycles. The molecule has 0 bridgehead atoms. The number of alkyl halides is 1. The first-order chi connectivity index (χ1) is 8.97. The van der Waals surface area contributed by atoms with E-state index in [-0.39, 0.29) is 17.8 Å². The van der Waals surface area contributed by atoms with Gasteiger partial charge in [0.25, 0.3) is 0 Å². The third-order valence-corrected chi connectivity index (χ3v) is 3.40. The first-order valence-electron chi connectivity index (χ1n) is 6.07. The van der Waals surface area contributed by atoms with Gasteiger partial charge in [-0.3, -0.25) is 9.36 Å². The Morgan fingerprint density at radius 2 is 2.21 bits per heavy atom. The van der Waals surface area contributed by atoms with Crippen molar-refractivity contribution in [2.24, 2.45) is 0 Å². The zero-order valence-corrected chi connectivity index (χ0v) is 12.3. The summed E-state index contributed by atoms with van der Waals surface area (Å²) in [6, 6.07) is 1.53. The largest absolute Gasteiger partial charge is 0.347 e. The average Bonchev–Trinajstić information content (AvgIpc) is 2.76. The predicted molar refractivity (Wildman–Crippen MR) is 75.2 cm³/mol. The number of rotatable bonds is 3. The van der Waals surface area contributed by atoms with Crippen molar-refractivity contribution >= 4 is 28.7 Å². The Balaban J connectivity index is 2.64. The molecule has 0 spiro atoms. The van der Waals surface area contributed by atoms with E-state index < -0.39 is 0 Å². The number of aryl methyl sites for hydroxylation is 1. The summed E-state index contributed by atoms with van der Waals surface area (Å²) in [5.74, 6) is 0.913. The minimum atomic E-state index is -0.372. The van der Waals surface area contributed by atoms with Gasteiger partial charge in [-0.05, 0) is 25.5 Å². The highest BCUT2D eigenvalue weighted by molar-refractivity contribution is 6.16. The minimum absolute atomic E-state index is 0.00558. The van der Waals surface area contributed by atoms with Crippen molar-refractivity contribution < 1.29 is 4.79 Å². The number of pyridine rings is 1. The summed E-state index contributed by atoms with van der Waals surface area (Å²) < 4.78 is 1.82. The van der Waals surface area contributed by atoms with E-state index in [1.807, 2.05) is 24.5 Å². The number of halogens is 1. The van der Waals surface area contributed by atoms with Gasteiger partial charge in [-0.15, -0.1) is 11.6 Å². The van der Waals surface area contributed by atoms with E-state index in [1.54, 1.807) is 25.2 Å². The zero-order valence-electron chi connectivity index (χ0n) is 11.5. The third-order valence-electron chi connectivity index (χ3n) is 3.16. The average molecular weight is 281 g/mol. The lowest BCUT2D eigenvalue weighted by Crippen LogP contribution is -2.30. The van der Waals surface area contributed by atoms with Gasteiger partial charge in [0.1, 0.15) is 17.4 Å². The lowest BCUT2D eigenvalue weighted by Gasteiger charge is -2.19. The fourth-order valence-electron chi connectivity index (χ4n) is 2.14. The van der Waals surface area contributed by atoms with Gasteiger partial charge in [-0.25, -0.2) is 9.97 Å². The van der Waals surface area contributed by atoms with Crippen LogP contribution in [0.2, 0.25) is 0 Å². The summed E-state index contributed by atoms with van der Waals surface area (Å²) >= 11 is 5.95. The Bertz CT molecular complexity index is 620. The van der Waals surface area contributed by atoms with Crippen molar-refractivity contribution in [1.82, 2.24) is 19.4 Å². The Morgan fingerprint density at radius 1 is 1.53 bits per heavy atom. The van der Waals surface area contributed by atoms with Gasteiger partial charge in [0, 0.05) is 20.3 Å². The Kier molecular flexibility index (Phi) is 3.75. The van der Waals surface area contributed by atoms with Gasteiger partial charge < -0.3 is 4.90 Å². The fraction of sp³-hybridized carbons (Fsp3) is 0.462. The van der Waals surface area contributed by atoms with Crippen LogP contribution in [0.4, 0.5) is 0 Å². The second kappa shape index (κ2) is 5.17. The lowest BCUT2D eigenvalue weighted by atomic mass is 10.2. The molecule has 2 rings (SSSR count). The van der Waals surface area contributed by atoms with E-state index in [4.69, 9.17) is 11.6 Å². The van der Waals surface area contributed by atoms with Crippen LogP contribution in [-0.2, 0) is 10.7 Å². The van der Waals surface area contributed by atoms with E-state index in [9.17, 15) is 4.79 Å². The molecule has 1 unspecified atom stereocenters. The van der Waals surface area contributed by atoms with Crippen molar-refractivity contribution in [3.8, 4) is 0 Å². The molecule has 0 saturated heterocycles. The monoisotopic (exact) mass is 280 g/mol. The Morgan fingerprint density at radius 3 is 2.79 bits per heavy atom. The van der Waals surface area contributed by atoms with Crippen LogP contribution in [-0.4, -0.2) is 39.4 Å². The molecule has 2 aromatic heterocycles. The highest BCUT2D eigenvalue weighted by Crippen LogP contribution is 2.23. The van der Waals surface area contributed by atoms with Crippen molar-refractivity contribution in [3.05, 3.63) is 23.7 Å². The Labute approximate surface area is 117 Å². The van der Waals surface area contributed by atoms with Gasteiger partial charge in [0.2, 0.25) is 5.91 Å². The first-order valence-corrected chi connectivity index (χ1v) is 6.60. The molecule has 1 amide bonds. The predicted octanol–water partition coefficient (Wildman–Crippen LogP) is 2.13. The third kappa shape index (κ3) is 2.30. The molecule has 1 atom stereocenters. The molecular weight excluding hydrogens is 264 g/mol. The lowest BCUT2D eigenvalue weighted by molar-refractivity contribution is -0.131. The summed E-state index contributed by atoms with van der Waals surface area (Å²) in [5, 5.41) is 0. The number of likely N-dealkylation sites (N-methyl/N-ethyl adjacent to an activating group) is 1. The van der Waals surface area contributed by atoms with Gasteiger partial charge in [0.15, 0.2) is 5.65 Å². The molecule has 0 aliphatic rings. The second-order valence-corrected chi connectivity index (χ2v) is 5.01. The van der Waals surface area contributed by atoms with Crippen LogP contribution in [0.5, 0.6) is 0 Å². The fourth-order valence-corrected chi connectivity index (χ4v) is 2.33. The molecule has 0 fully saturated rings. The van der Waals surface area contributed by atoms with Crippen molar-refractivity contribution in [2.45, 2.75) is 25.8 Å². The van der Waals surface area contributed by atoms with Gasteiger partial charge in [-0.2, -0.15) is 0 Å². The number of carbonyl (C=O) groups excluding carboxylic acids is 1. The smallest absolute Gasteiger partial charge is 0.244 e. The van der Waals surface area contributed by atoms with E-state index >= 15 is 0 Å². The quantitative estimate of drug-likeness (QED) is 0.810. The van der Waals surface area contributed by atoms with Crippen LogP contribution in [0.25, 0.3) is 11.2 Å². The highest BCUT2D eigenvalue weighted by atomic mass is 35.5. The summed E-state index contributed by atoms with van der Waals surface area (Å²) in [6.07, 6.45) is 1.72. The molecule has 102 valence electrons.